The topological polar surface area (TPSA) is 4.93 Å². The van der Waals surface area contributed by atoms with E-state index in [2.05, 4.69) is 144 Å². The highest BCUT2D eigenvalue weighted by Gasteiger charge is 2.41. The van der Waals surface area contributed by atoms with E-state index in [1.54, 1.807) is 0 Å². The molecule has 3 heteroatoms. The van der Waals surface area contributed by atoms with E-state index in [1.165, 1.54) is 71.4 Å². The Hall–Kier alpha value is -4.75. The highest BCUT2D eigenvalue weighted by molar-refractivity contribution is 7.07. The molecule has 0 saturated carbocycles. The molecule has 0 amide bonds. The Morgan fingerprint density at radius 1 is 0.410 bits per heavy atom. The first-order valence-corrected chi connectivity index (χ1v) is 13.8. The third kappa shape index (κ3) is 2.77. The number of hydrogen-bond donors (Lipinski definition) is 0. The second kappa shape index (κ2) is 7.88. The van der Waals surface area contributed by atoms with E-state index in [9.17, 15) is 0 Å². The average Bonchev–Trinajstić information content (AvgIpc) is 3.53. The number of para-hydroxylation sites is 3. The van der Waals surface area contributed by atoms with E-state index in [0.717, 1.165) is 0 Å². The highest BCUT2D eigenvalue weighted by atomic mass is 15.0. The van der Waals surface area contributed by atoms with Gasteiger partial charge in [-0.2, -0.15) is 0 Å². The lowest BCUT2D eigenvalue weighted by molar-refractivity contribution is 1.20. The van der Waals surface area contributed by atoms with Crippen LogP contribution in [0.25, 0.3) is 38.6 Å². The van der Waals surface area contributed by atoms with Crippen LogP contribution in [0.15, 0.2) is 140 Å². The van der Waals surface area contributed by atoms with Gasteiger partial charge in [0.25, 0.3) is 0 Å². The minimum atomic E-state index is 0.111. The van der Waals surface area contributed by atoms with E-state index in [-0.39, 0.29) is 13.4 Å². The van der Waals surface area contributed by atoms with Crippen molar-refractivity contribution in [2.24, 2.45) is 0 Å². The molecular formula is C36H23B2N. The molecule has 2 aliphatic rings. The molecule has 178 valence electrons. The summed E-state index contributed by atoms with van der Waals surface area (Å²) < 4.78 is 2.55. The van der Waals surface area contributed by atoms with Gasteiger partial charge in [0.2, 0.25) is 13.4 Å². The molecule has 0 bridgehead atoms. The fourth-order valence-electron chi connectivity index (χ4n) is 7.50. The monoisotopic (exact) mass is 491 g/mol. The van der Waals surface area contributed by atoms with Gasteiger partial charge < -0.3 is 4.57 Å². The molecule has 1 nitrogen and oxygen atoms in total. The Kier molecular flexibility index (Phi) is 4.29. The van der Waals surface area contributed by atoms with Gasteiger partial charge in [0, 0.05) is 22.0 Å². The van der Waals surface area contributed by atoms with Crippen LogP contribution in [0, 0.1) is 0 Å². The van der Waals surface area contributed by atoms with Crippen molar-refractivity contribution in [1.29, 1.82) is 0 Å². The van der Waals surface area contributed by atoms with Crippen molar-refractivity contribution in [3.05, 3.63) is 140 Å². The molecule has 0 radical (unpaired) electrons. The highest BCUT2D eigenvalue weighted by Crippen LogP contribution is 2.33. The zero-order valence-corrected chi connectivity index (χ0v) is 21.4. The second-order valence-corrected chi connectivity index (χ2v) is 10.8. The van der Waals surface area contributed by atoms with Gasteiger partial charge >= 0.3 is 0 Å². The molecule has 1 aromatic heterocycles. The van der Waals surface area contributed by atoms with Crippen LogP contribution < -0.4 is 32.8 Å². The van der Waals surface area contributed by atoms with Gasteiger partial charge in [0.05, 0.1) is 5.52 Å². The van der Waals surface area contributed by atoms with Crippen LogP contribution in [0.5, 0.6) is 0 Å². The Morgan fingerprint density at radius 3 is 1.97 bits per heavy atom. The molecule has 0 atom stereocenters. The van der Waals surface area contributed by atoms with Gasteiger partial charge in [-0.3, -0.25) is 0 Å². The number of aromatic nitrogens is 1. The first kappa shape index (κ1) is 21.2. The molecular weight excluding hydrogens is 468 g/mol. The Bertz CT molecular complexity index is 2090. The summed E-state index contributed by atoms with van der Waals surface area (Å²) in [7, 11) is 0. The third-order valence-corrected chi connectivity index (χ3v) is 8.96. The summed E-state index contributed by atoms with van der Waals surface area (Å²) in [5.41, 5.74) is 14.9. The van der Waals surface area contributed by atoms with Crippen LogP contribution in [0.1, 0.15) is 0 Å². The molecule has 9 rings (SSSR count). The van der Waals surface area contributed by atoms with Crippen molar-refractivity contribution >= 4 is 68.0 Å². The molecule has 7 aromatic rings. The molecule has 0 saturated heterocycles. The summed E-state index contributed by atoms with van der Waals surface area (Å²) in [5.74, 6) is 0. The van der Waals surface area contributed by atoms with Crippen molar-refractivity contribution in [1.82, 2.24) is 4.57 Å². The average molecular weight is 491 g/mol. The number of hydrogen-bond acceptors (Lipinski definition) is 0. The van der Waals surface area contributed by atoms with Crippen molar-refractivity contribution in [2.45, 2.75) is 0 Å². The smallest absolute Gasteiger partial charge is 0.244 e. The van der Waals surface area contributed by atoms with E-state index in [1.807, 2.05) is 0 Å². The molecule has 0 fully saturated rings. The van der Waals surface area contributed by atoms with Crippen LogP contribution in [0.4, 0.5) is 0 Å². The molecule has 6 aromatic carbocycles. The summed E-state index contributed by atoms with van der Waals surface area (Å²) in [6, 6.07) is 52.0. The summed E-state index contributed by atoms with van der Waals surface area (Å²) in [4.78, 5) is 0. The van der Waals surface area contributed by atoms with Crippen molar-refractivity contribution in [3.8, 4) is 16.8 Å². The number of fused-ring (bicyclic) bond motifs is 9. The summed E-state index contributed by atoms with van der Waals surface area (Å²) >= 11 is 0. The Labute approximate surface area is 228 Å². The molecule has 2 aliphatic heterocycles. The standard InChI is InChI=1S/C36H23B2N/c1-2-12-24(13-3-1)37-30-19-7-9-23-34(30)39-33-22-8-5-15-26(33)28-17-11-21-32(36(28)39)38-29-18-6-4-14-25(29)27-16-10-20-31(37)35(27)38/h1-23H. The maximum Gasteiger partial charge on any atom is 0.244 e. The summed E-state index contributed by atoms with van der Waals surface area (Å²) in [5, 5.41) is 2.63. The lowest BCUT2D eigenvalue weighted by Gasteiger charge is -2.22. The number of benzene rings is 6. The quantitative estimate of drug-likeness (QED) is 0.305. The zero-order valence-electron chi connectivity index (χ0n) is 21.4. The van der Waals surface area contributed by atoms with E-state index < -0.39 is 0 Å². The second-order valence-electron chi connectivity index (χ2n) is 10.8. The SMILES string of the molecule is c1ccc(B2c3ccccc3-n3c4ccccc4c4cccc(c43)B3c4ccccc4-c4cccc2c43)cc1. The van der Waals surface area contributed by atoms with E-state index in [0.29, 0.717) is 0 Å². The lowest BCUT2D eigenvalue weighted by atomic mass is 9.29. The molecule has 3 heterocycles. The fourth-order valence-corrected chi connectivity index (χ4v) is 7.50. The van der Waals surface area contributed by atoms with Crippen molar-refractivity contribution in [2.75, 3.05) is 0 Å². The summed E-state index contributed by atoms with van der Waals surface area (Å²) in [6.45, 7) is 0.277. The van der Waals surface area contributed by atoms with Crippen LogP contribution in [-0.4, -0.2) is 18.0 Å². The largest absolute Gasteiger partial charge is 0.310 e. The van der Waals surface area contributed by atoms with Crippen molar-refractivity contribution in [3.63, 3.8) is 0 Å². The predicted octanol–water partition coefficient (Wildman–Crippen LogP) is 4.11. The number of nitrogens with zero attached hydrogens (tertiary/aromatic N) is 1. The predicted molar refractivity (Wildman–Crippen MR) is 168 cm³/mol. The Balaban J connectivity index is 1.55. The van der Waals surface area contributed by atoms with Gasteiger partial charge in [-0.25, -0.2) is 0 Å². The van der Waals surface area contributed by atoms with Crippen LogP contribution in [-0.2, 0) is 0 Å². The third-order valence-electron chi connectivity index (χ3n) is 8.96. The normalized spacial score (nSPS) is 13.0. The van der Waals surface area contributed by atoms with Gasteiger partial charge in [0.1, 0.15) is 0 Å². The van der Waals surface area contributed by atoms with Gasteiger partial charge in [-0.05, 0) is 34.2 Å². The van der Waals surface area contributed by atoms with Crippen LogP contribution in [0.3, 0.4) is 0 Å². The van der Waals surface area contributed by atoms with Crippen LogP contribution >= 0.6 is 0 Å². The van der Waals surface area contributed by atoms with Crippen LogP contribution in [0.2, 0.25) is 0 Å². The molecule has 0 spiro atoms. The minimum absolute atomic E-state index is 0.111. The maximum absolute atomic E-state index is 2.55. The maximum atomic E-state index is 2.55. The number of rotatable bonds is 1. The van der Waals surface area contributed by atoms with Gasteiger partial charge in [-0.1, -0.05) is 149 Å². The minimum Gasteiger partial charge on any atom is -0.310 e. The van der Waals surface area contributed by atoms with Gasteiger partial charge in [0.15, 0.2) is 0 Å². The Morgan fingerprint density at radius 2 is 1.05 bits per heavy atom. The van der Waals surface area contributed by atoms with E-state index in [4.69, 9.17) is 0 Å². The van der Waals surface area contributed by atoms with Gasteiger partial charge in [-0.15, -0.1) is 0 Å². The lowest BCUT2D eigenvalue weighted by Crippen LogP contribution is -2.63. The van der Waals surface area contributed by atoms with Crippen molar-refractivity contribution < 1.29 is 0 Å². The molecule has 0 unspecified atom stereocenters. The first-order chi connectivity index (χ1) is 19.4. The summed E-state index contributed by atoms with van der Waals surface area (Å²) in [6.07, 6.45) is 0. The first-order valence-electron chi connectivity index (χ1n) is 13.8. The molecule has 39 heavy (non-hydrogen) atoms. The molecule has 0 N–H and O–H groups in total. The zero-order chi connectivity index (χ0) is 25.5. The fraction of sp³-hybridized carbons (Fsp3) is 0. The van der Waals surface area contributed by atoms with E-state index >= 15 is 0 Å². The molecule has 0 aliphatic carbocycles.